The van der Waals surface area contributed by atoms with Crippen molar-refractivity contribution in [3.05, 3.63) is 87.8 Å². The van der Waals surface area contributed by atoms with Crippen LogP contribution in [0.2, 0.25) is 10.0 Å². The van der Waals surface area contributed by atoms with Gasteiger partial charge in [-0.05, 0) is 42.5 Å². The molecule has 0 aliphatic carbocycles. The molecule has 3 rings (SSSR count). The van der Waals surface area contributed by atoms with Crippen molar-refractivity contribution < 1.29 is 14.0 Å². The molecule has 0 spiro atoms. The van der Waals surface area contributed by atoms with Crippen molar-refractivity contribution >= 4 is 46.9 Å². The first-order valence-corrected chi connectivity index (χ1v) is 8.52. The van der Waals surface area contributed by atoms with E-state index in [-0.39, 0.29) is 16.1 Å². The number of hydrogen-bond acceptors (Lipinski definition) is 4. The van der Waals surface area contributed by atoms with Gasteiger partial charge in [-0.1, -0.05) is 35.3 Å². The van der Waals surface area contributed by atoms with E-state index < -0.39 is 11.8 Å². The number of benzene rings is 2. The van der Waals surface area contributed by atoms with Crippen LogP contribution in [0, 0.1) is 0 Å². The molecule has 1 aromatic heterocycles. The van der Waals surface area contributed by atoms with Gasteiger partial charge in [-0.25, -0.2) is 5.43 Å². The van der Waals surface area contributed by atoms with Crippen LogP contribution in [0.4, 0.5) is 5.69 Å². The first-order valence-electron chi connectivity index (χ1n) is 7.77. The van der Waals surface area contributed by atoms with E-state index in [0.717, 1.165) is 0 Å². The zero-order chi connectivity index (χ0) is 19.2. The lowest BCUT2D eigenvalue weighted by molar-refractivity contribution is 0.0956. The fourth-order valence-electron chi connectivity index (χ4n) is 2.23. The normalized spacial score (nSPS) is 10.7. The van der Waals surface area contributed by atoms with E-state index in [4.69, 9.17) is 27.6 Å². The Morgan fingerprint density at radius 3 is 2.52 bits per heavy atom. The van der Waals surface area contributed by atoms with Crippen LogP contribution >= 0.6 is 23.2 Å². The molecule has 2 N–H and O–H groups in total. The summed E-state index contributed by atoms with van der Waals surface area (Å²) in [5, 5.41) is 7.13. The van der Waals surface area contributed by atoms with Crippen LogP contribution in [0.3, 0.4) is 0 Å². The van der Waals surface area contributed by atoms with Crippen LogP contribution in [-0.4, -0.2) is 18.0 Å². The fraction of sp³-hybridized carbons (Fsp3) is 0. The molecule has 0 saturated heterocycles. The summed E-state index contributed by atoms with van der Waals surface area (Å²) in [6.07, 6.45) is 2.86. The summed E-state index contributed by atoms with van der Waals surface area (Å²) in [6.45, 7) is 0. The number of hydrazone groups is 1. The van der Waals surface area contributed by atoms with Crippen molar-refractivity contribution in [1.82, 2.24) is 5.43 Å². The van der Waals surface area contributed by atoms with E-state index in [0.29, 0.717) is 16.5 Å². The number of hydrogen-bond donors (Lipinski definition) is 2. The van der Waals surface area contributed by atoms with Gasteiger partial charge in [0.25, 0.3) is 11.8 Å². The predicted octanol–water partition coefficient (Wildman–Crippen LogP) is 4.60. The Labute approximate surface area is 164 Å². The molecule has 3 aromatic rings. The van der Waals surface area contributed by atoms with Crippen molar-refractivity contribution in [3.63, 3.8) is 0 Å². The van der Waals surface area contributed by atoms with Crippen molar-refractivity contribution in [1.29, 1.82) is 0 Å². The van der Waals surface area contributed by atoms with Crippen molar-refractivity contribution in [2.75, 3.05) is 5.32 Å². The second kappa shape index (κ2) is 8.53. The van der Waals surface area contributed by atoms with Crippen LogP contribution in [0.5, 0.6) is 0 Å². The van der Waals surface area contributed by atoms with Crippen molar-refractivity contribution in [2.24, 2.45) is 5.10 Å². The minimum absolute atomic E-state index is 0.213. The summed E-state index contributed by atoms with van der Waals surface area (Å²) in [5.41, 5.74) is 3.19. The van der Waals surface area contributed by atoms with Crippen LogP contribution < -0.4 is 10.7 Å². The monoisotopic (exact) mass is 401 g/mol. The maximum absolute atomic E-state index is 12.5. The molecule has 2 aromatic carbocycles. The molecule has 0 saturated carbocycles. The van der Waals surface area contributed by atoms with Gasteiger partial charge in [0.2, 0.25) is 0 Å². The maximum atomic E-state index is 12.5. The number of anilines is 1. The van der Waals surface area contributed by atoms with E-state index in [1.807, 2.05) is 0 Å². The highest BCUT2D eigenvalue weighted by Crippen LogP contribution is 2.23. The molecule has 0 unspecified atom stereocenters. The van der Waals surface area contributed by atoms with E-state index in [1.54, 1.807) is 42.5 Å². The fourth-order valence-corrected chi connectivity index (χ4v) is 2.73. The average Bonchev–Trinajstić information content (AvgIpc) is 3.15. The standard InChI is InChI=1S/C19H13Cl2N3O3/c20-12-7-8-14(16(21)10-12)18(25)23-17-6-2-1-5-15(17)19(26)24-22-11-13-4-3-9-27-13/h1-11H,(H,23,25)(H,24,26). The number of amides is 2. The molecule has 6 nitrogen and oxygen atoms in total. The molecule has 0 aliphatic rings. The molecule has 0 radical (unpaired) electrons. The van der Waals surface area contributed by atoms with Crippen molar-refractivity contribution in [2.45, 2.75) is 0 Å². The number of nitrogens with zero attached hydrogens (tertiary/aromatic N) is 1. The predicted molar refractivity (Wildman–Crippen MR) is 105 cm³/mol. The van der Waals surface area contributed by atoms with Crippen molar-refractivity contribution in [3.8, 4) is 0 Å². The number of halogens is 2. The van der Waals surface area contributed by atoms with Crippen LogP contribution in [0.25, 0.3) is 0 Å². The number of carbonyl (C=O) groups excluding carboxylic acids is 2. The van der Waals surface area contributed by atoms with Gasteiger partial charge < -0.3 is 9.73 Å². The second-order valence-electron chi connectivity index (χ2n) is 5.34. The summed E-state index contributed by atoms with van der Waals surface area (Å²) in [4.78, 5) is 24.9. The average molecular weight is 402 g/mol. The Bertz CT molecular complexity index is 1000. The molecule has 27 heavy (non-hydrogen) atoms. The van der Waals surface area contributed by atoms with E-state index in [1.165, 1.54) is 24.6 Å². The summed E-state index contributed by atoms with van der Waals surface area (Å²) < 4.78 is 5.09. The molecule has 0 fully saturated rings. The first kappa shape index (κ1) is 18.7. The van der Waals surface area contributed by atoms with E-state index in [9.17, 15) is 9.59 Å². The van der Waals surface area contributed by atoms with Crippen LogP contribution in [0.15, 0.2) is 70.4 Å². The van der Waals surface area contributed by atoms with Gasteiger partial charge in [0.1, 0.15) is 5.76 Å². The van der Waals surface area contributed by atoms with Gasteiger partial charge in [-0.15, -0.1) is 0 Å². The Morgan fingerprint density at radius 2 is 1.78 bits per heavy atom. The molecule has 0 aliphatic heterocycles. The Kier molecular flexibility index (Phi) is 5.90. The lowest BCUT2D eigenvalue weighted by atomic mass is 10.1. The third-order valence-electron chi connectivity index (χ3n) is 3.50. The smallest absolute Gasteiger partial charge is 0.273 e. The van der Waals surface area contributed by atoms with Gasteiger partial charge in [-0.2, -0.15) is 5.10 Å². The van der Waals surface area contributed by atoms with Crippen LogP contribution in [0.1, 0.15) is 26.5 Å². The number of para-hydroxylation sites is 1. The number of nitrogens with one attached hydrogen (secondary N) is 2. The molecule has 8 heteroatoms. The molecular weight excluding hydrogens is 389 g/mol. The minimum atomic E-state index is -0.490. The summed E-state index contributed by atoms with van der Waals surface area (Å²) in [6, 6.07) is 14.5. The summed E-state index contributed by atoms with van der Waals surface area (Å²) in [7, 11) is 0. The largest absolute Gasteiger partial charge is 0.463 e. The quantitative estimate of drug-likeness (QED) is 0.483. The second-order valence-corrected chi connectivity index (χ2v) is 6.18. The van der Waals surface area contributed by atoms with E-state index in [2.05, 4.69) is 15.8 Å². The maximum Gasteiger partial charge on any atom is 0.273 e. The zero-order valence-corrected chi connectivity index (χ0v) is 15.3. The summed E-state index contributed by atoms with van der Waals surface area (Å²) >= 11 is 11.9. The van der Waals surface area contributed by atoms with Gasteiger partial charge in [0.15, 0.2) is 0 Å². The van der Waals surface area contributed by atoms with Gasteiger partial charge in [0.05, 0.1) is 34.3 Å². The molecular formula is C19H13Cl2N3O3. The minimum Gasteiger partial charge on any atom is -0.463 e. The highest BCUT2D eigenvalue weighted by atomic mass is 35.5. The molecule has 2 amide bonds. The first-order chi connectivity index (χ1) is 13.0. The SMILES string of the molecule is O=C(Nc1ccccc1C(=O)NN=Cc1ccco1)c1ccc(Cl)cc1Cl. The third kappa shape index (κ3) is 4.75. The number of furan rings is 1. The molecule has 136 valence electrons. The highest BCUT2D eigenvalue weighted by molar-refractivity contribution is 6.37. The lowest BCUT2D eigenvalue weighted by Gasteiger charge is -2.11. The number of carbonyl (C=O) groups is 2. The van der Waals surface area contributed by atoms with Gasteiger partial charge in [0, 0.05) is 5.02 Å². The van der Waals surface area contributed by atoms with Crippen LogP contribution in [-0.2, 0) is 0 Å². The Morgan fingerprint density at radius 1 is 0.963 bits per heavy atom. The molecule has 0 atom stereocenters. The highest BCUT2D eigenvalue weighted by Gasteiger charge is 2.15. The van der Waals surface area contributed by atoms with Gasteiger partial charge >= 0.3 is 0 Å². The number of rotatable bonds is 5. The zero-order valence-electron chi connectivity index (χ0n) is 13.8. The van der Waals surface area contributed by atoms with Gasteiger partial charge in [-0.3, -0.25) is 9.59 Å². The summed E-state index contributed by atoms with van der Waals surface area (Å²) in [5.74, 6) is -0.457. The lowest BCUT2D eigenvalue weighted by Crippen LogP contribution is -2.21. The topological polar surface area (TPSA) is 83.7 Å². The molecule has 1 heterocycles. The third-order valence-corrected chi connectivity index (χ3v) is 4.04. The van der Waals surface area contributed by atoms with E-state index >= 15 is 0 Å². The molecule has 0 bridgehead atoms. The Balaban J connectivity index is 1.75. The Hall–Kier alpha value is -3.09.